The summed E-state index contributed by atoms with van der Waals surface area (Å²) in [4.78, 5) is 22.7. The van der Waals surface area contributed by atoms with Crippen molar-refractivity contribution in [2.45, 2.75) is 26.0 Å². The van der Waals surface area contributed by atoms with Crippen molar-refractivity contribution in [2.24, 2.45) is 0 Å². The summed E-state index contributed by atoms with van der Waals surface area (Å²) < 4.78 is 5.74. The predicted molar refractivity (Wildman–Crippen MR) is 96.1 cm³/mol. The minimum Gasteiger partial charge on any atom is -0.489 e. The quantitative estimate of drug-likeness (QED) is 0.724. The van der Waals surface area contributed by atoms with Gasteiger partial charge in [-0.2, -0.15) is 0 Å². The number of benzene rings is 2. The molecule has 0 aliphatic heterocycles. The van der Waals surface area contributed by atoms with E-state index in [1.54, 1.807) is 13.0 Å². The van der Waals surface area contributed by atoms with Crippen molar-refractivity contribution in [3.63, 3.8) is 0 Å². The highest BCUT2D eigenvalue weighted by Gasteiger charge is 2.15. The van der Waals surface area contributed by atoms with Gasteiger partial charge in [0.1, 0.15) is 18.4 Å². The van der Waals surface area contributed by atoms with Crippen molar-refractivity contribution in [3.8, 4) is 5.75 Å². The lowest BCUT2D eigenvalue weighted by molar-refractivity contribution is -0.141. The minimum atomic E-state index is -1.04. The van der Waals surface area contributed by atoms with Crippen molar-refractivity contribution in [3.05, 3.63) is 71.8 Å². The fraction of sp³-hybridized carbons (Fsp3) is 0.200. The molecule has 0 radical (unpaired) electrons. The Bertz CT molecular complexity index is 740. The number of ether oxygens (including phenoxy) is 1. The molecule has 1 amide bonds. The van der Waals surface area contributed by atoms with E-state index in [4.69, 9.17) is 9.84 Å². The number of carbonyl (C=O) groups is 2. The zero-order valence-corrected chi connectivity index (χ0v) is 14.0. The highest BCUT2D eigenvalue weighted by molar-refractivity contribution is 5.94. The van der Waals surface area contributed by atoms with Crippen LogP contribution in [0.25, 0.3) is 6.08 Å². The second kappa shape index (κ2) is 9.27. The molecule has 2 aromatic rings. The Balaban J connectivity index is 1.94. The number of nitrogens with one attached hydrogen (secondary N) is 1. The third-order valence-electron chi connectivity index (χ3n) is 3.56. The summed E-state index contributed by atoms with van der Waals surface area (Å²) in [5, 5.41) is 11.4. The molecule has 1 unspecified atom stereocenters. The number of aliphatic carboxylic acids is 1. The second-order valence-electron chi connectivity index (χ2n) is 5.49. The molecule has 0 aliphatic rings. The van der Waals surface area contributed by atoms with Crippen LogP contribution in [0, 0.1) is 0 Å². The van der Waals surface area contributed by atoms with Crippen LogP contribution in [-0.2, 0) is 16.2 Å². The fourth-order valence-corrected chi connectivity index (χ4v) is 2.18. The first kappa shape index (κ1) is 18.3. The van der Waals surface area contributed by atoms with Gasteiger partial charge < -0.3 is 15.2 Å². The largest absolute Gasteiger partial charge is 0.489 e. The molecule has 5 heteroatoms. The van der Waals surface area contributed by atoms with E-state index in [2.05, 4.69) is 5.32 Å². The third kappa shape index (κ3) is 6.14. The molecule has 0 bridgehead atoms. The van der Waals surface area contributed by atoms with E-state index in [1.165, 1.54) is 6.08 Å². The maximum absolute atomic E-state index is 11.8. The van der Waals surface area contributed by atoms with Crippen LogP contribution >= 0.6 is 0 Å². The van der Waals surface area contributed by atoms with Crippen LogP contribution in [0.4, 0.5) is 0 Å². The minimum absolute atomic E-state index is 0.331. The van der Waals surface area contributed by atoms with Crippen LogP contribution < -0.4 is 10.1 Å². The first-order valence-corrected chi connectivity index (χ1v) is 8.06. The summed E-state index contributed by atoms with van der Waals surface area (Å²) in [5.74, 6) is -0.784. The molecule has 0 fully saturated rings. The number of hydrogen-bond donors (Lipinski definition) is 2. The monoisotopic (exact) mass is 339 g/mol. The lowest BCUT2D eigenvalue weighted by atomic mass is 10.2. The molecular formula is C20H21NO4. The van der Waals surface area contributed by atoms with Crippen LogP contribution in [0.15, 0.2) is 60.7 Å². The van der Waals surface area contributed by atoms with E-state index < -0.39 is 17.9 Å². The molecule has 0 aliphatic carbocycles. The SMILES string of the molecule is CCC(NC(=O)/C=C/c1cccc(OCc2ccccc2)c1)C(=O)O. The average Bonchev–Trinajstić information content (AvgIpc) is 2.63. The Morgan fingerprint density at radius 2 is 1.92 bits per heavy atom. The van der Waals surface area contributed by atoms with Crippen LogP contribution in [-0.4, -0.2) is 23.0 Å². The van der Waals surface area contributed by atoms with Crippen molar-refractivity contribution >= 4 is 18.0 Å². The van der Waals surface area contributed by atoms with Gasteiger partial charge in [0.2, 0.25) is 5.91 Å². The van der Waals surface area contributed by atoms with Gasteiger partial charge in [-0.3, -0.25) is 4.79 Å². The molecular weight excluding hydrogens is 318 g/mol. The maximum Gasteiger partial charge on any atom is 0.326 e. The van der Waals surface area contributed by atoms with Crippen LogP contribution in [0.2, 0.25) is 0 Å². The van der Waals surface area contributed by atoms with Crippen molar-refractivity contribution in [2.75, 3.05) is 0 Å². The number of carboxylic acid groups (broad SMARTS) is 1. The standard InChI is InChI=1S/C20H21NO4/c1-2-18(20(23)24)21-19(22)12-11-15-9-6-10-17(13-15)25-14-16-7-4-3-5-8-16/h3-13,18H,2,14H2,1H3,(H,21,22)(H,23,24)/b12-11+. The third-order valence-corrected chi connectivity index (χ3v) is 3.56. The highest BCUT2D eigenvalue weighted by atomic mass is 16.5. The highest BCUT2D eigenvalue weighted by Crippen LogP contribution is 2.16. The van der Waals surface area contributed by atoms with Crippen LogP contribution in [0.5, 0.6) is 5.75 Å². The number of carbonyl (C=O) groups excluding carboxylic acids is 1. The Morgan fingerprint density at radius 3 is 2.60 bits per heavy atom. The molecule has 0 saturated carbocycles. The van der Waals surface area contributed by atoms with Gasteiger partial charge in [-0.1, -0.05) is 49.4 Å². The van der Waals surface area contributed by atoms with Crippen molar-refractivity contribution in [1.82, 2.24) is 5.32 Å². The number of rotatable bonds is 8. The molecule has 5 nitrogen and oxygen atoms in total. The molecule has 2 N–H and O–H groups in total. The Kier molecular flexibility index (Phi) is 6.77. The Hall–Kier alpha value is -3.08. The summed E-state index contributed by atoms with van der Waals surface area (Å²) in [5.41, 5.74) is 1.87. The molecule has 0 aromatic heterocycles. The van der Waals surface area contributed by atoms with Crippen LogP contribution in [0.1, 0.15) is 24.5 Å². The molecule has 2 aromatic carbocycles. The van der Waals surface area contributed by atoms with E-state index in [0.717, 1.165) is 11.1 Å². The zero-order chi connectivity index (χ0) is 18.1. The molecule has 2 rings (SSSR count). The molecule has 130 valence electrons. The van der Waals surface area contributed by atoms with Gasteiger partial charge in [0.15, 0.2) is 0 Å². The molecule has 0 spiro atoms. The normalized spacial score (nSPS) is 11.9. The van der Waals surface area contributed by atoms with E-state index in [1.807, 2.05) is 54.6 Å². The molecule has 0 heterocycles. The smallest absolute Gasteiger partial charge is 0.326 e. The average molecular weight is 339 g/mol. The van der Waals surface area contributed by atoms with Gasteiger partial charge in [0, 0.05) is 6.08 Å². The van der Waals surface area contributed by atoms with Gasteiger partial charge in [-0.05, 0) is 35.8 Å². The summed E-state index contributed by atoms with van der Waals surface area (Å²) in [6.45, 7) is 2.17. The Morgan fingerprint density at radius 1 is 1.16 bits per heavy atom. The van der Waals surface area contributed by atoms with Crippen molar-refractivity contribution in [1.29, 1.82) is 0 Å². The van der Waals surface area contributed by atoms with E-state index in [9.17, 15) is 9.59 Å². The first-order valence-electron chi connectivity index (χ1n) is 8.06. The van der Waals surface area contributed by atoms with E-state index in [0.29, 0.717) is 18.8 Å². The van der Waals surface area contributed by atoms with Gasteiger partial charge in [-0.25, -0.2) is 4.79 Å². The molecule has 25 heavy (non-hydrogen) atoms. The summed E-state index contributed by atoms with van der Waals surface area (Å²) in [7, 11) is 0. The number of amides is 1. The predicted octanol–water partition coefficient (Wildman–Crippen LogP) is 3.26. The van der Waals surface area contributed by atoms with Crippen LogP contribution in [0.3, 0.4) is 0 Å². The Labute approximate surface area is 146 Å². The molecule has 0 saturated heterocycles. The van der Waals surface area contributed by atoms with Crippen molar-refractivity contribution < 1.29 is 19.4 Å². The topological polar surface area (TPSA) is 75.6 Å². The lowest BCUT2D eigenvalue weighted by Crippen LogP contribution is -2.39. The summed E-state index contributed by atoms with van der Waals surface area (Å²) >= 11 is 0. The number of hydrogen-bond acceptors (Lipinski definition) is 3. The van der Waals surface area contributed by atoms with E-state index >= 15 is 0 Å². The maximum atomic E-state index is 11.8. The van der Waals surface area contributed by atoms with Gasteiger partial charge in [0.25, 0.3) is 0 Å². The first-order chi connectivity index (χ1) is 12.1. The lowest BCUT2D eigenvalue weighted by Gasteiger charge is -2.10. The van der Waals surface area contributed by atoms with Gasteiger partial charge in [-0.15, -0.1) is 0 Å². The van der Waals surface area contributed by atoms with E-state index in [-0.39, 0.29) is 0 Å². The fourth-order valence-electron chi connectivity index (χ4n) is 2.18. The van der Waals surface area contributed by atoms with Gasteiger partial charge in [0.05, 0.1) is 0 Å². The van der Waals surface area contributed by atoms with Gasteiger partial charge >= 0.3 is 5.97 Å². The zero-order valence-electron chi connectivity index (χ0n) is 14.0. The second-order valence-corrected chi connectivity index (χ2v) is 5.49. The summed E-state index contributed by atoms with van der Waals surface area (Å²) in [6.07, 6.45) is 3.28. The molecule has 1 atom stereocenters. The number of carboxylic acids is 1. The summed E-state index contributed by atoms with van der Waals surface area (Å²) in [6, 6.07) is 16.3.